The van der Waals surface area contributed by atoms with E-state index in [4.69, 9.17) is 21.1 Å². The van der Waals surface area contributed by atoms with Crippen LogP contribution in [0.15, 0.2) is 53.4 Å². The molecule has 2 aromatic rings. The number of piperidine rings is 1. The van der Waals surface area contributed by atoms with Gasteiger partial charge in [0.2, 0.25) is 10.0 Å². The number of hydrogen-bond acceptors (Lipinski definition) is 4. The van der Waals surface area contributed by atoms with E-state index in [2.05, 4.69) is 0 Å². The lowest BCUT2D eigenvalue weighted by molar-refractivity contribution is 0.130. The van der Waals surface area contributed by atoms with Crippen molar-refractivity contribution in [3.63, 3.8) is 0 Å². The number of ether oxygens (including phenoxy) is 2. The molecule has 0 N–H and O–H groups in total. The SMILES string of the molecule is COc1ccc(S(=O)(=O)N2CCCC(Oc3ccccc3)C2)cc1Cl. The zero-order valence-corrected chi connectivity index (χ0v) is 15.5. The second-order valence-electron chi connectivity index (χ2n) is 5.85. The van der Waals surface area contributed by atoms with Gasteiger partial charge in [0.1, 0.15) is 17.6 Å². The maximum Gasteiger partial charge on any atom is 0.243 e. The maximum absolute atomic E-state index is 12.9. The fourth-order valence-electron chi connectivity index (χ4n) is 2.87. The predicted octanol–water partition coefficient (Wildman–Crippen LogP) is 3.58. The first-order valence-electron chi connectivity index (χ1n) is 8.06. The van der Waals surface area contributed by atoms with Gasteiger partial charge in [0.25, 0.3) is 0 Å². The summed E-state index contributed by atoms with van der Waals surface area (Å²) >= 11 is 6.08. The van der Waals surface area contributed by atoms with E-state index in [-0.39, 0.29) is 16.0 Å². The summed E-state index contributed by atoms with van der Waals surface area (Å²) in [5.74, 6) is 1.20. The van der Waals surface area contributed by atoms with E-state index >= 15 is 0 Å². The molecule has 7 heteroatoms. The van der Waals surface area contributed by atoms with Crippen molar-refractivity contribution in [2.75, 3.05) is 20.2 Å². The zero-order chi connectivity index (χ0) is 17.9. The molecule has 1 heterocycles. The van der Waals surface area contributed by atoms with Crippen molar-refractivity contribution in [2.45, 2.75) is 23.8 Å². The molecule has 3 rings (SSSR count). The molecule has 1 aliphatic rings. The van der Waals surface area contributed by atoms with Gasteiger partial charge in [0.05, 0.1) is 23.6 Å². The topological polar surface area (TPSA) is 55.8 Å². The smallest absolute Gasteiger partial charge is 0.243 e. The second-order valence-corrected chi connectivity index (χ2v) is 8.20. The summed E-state index contributed by atoms with van der Waals surface area (Å²) in [6.07, 6.45) is 1.41. The van der Waals surface area contributed by atoms with Gasteiger partial charge in [-0.05, 0) is 43.2 Å². The highest BCUT2D eigenvalue weighted by Crippen LogP contribution is 2.30. The van der Waals surface area contributed by atoms with Gasteiger partial charge in [0, 0.05) is 6.54 Å². The number of benzene rings is 2. The number of rotatable bonds is 5. The largest absolute Gasteiger partial charge is 0.495 e. The van der Waals surface area contributed by atoms with Crippen LogP contribution in [0.25, 0.3) is 0 Å². The summed E-state index contributed by atoms with van der Waals surface area (Å²) in [5.41, 5.74) is 0. The molecule has 25 heavy (non-hydrogen) atoms. The van der Waals surface area contributed by atoms with Crippen LogP contribution in [0.1, 0.15) is 12.8 Å². The first kappa shape index (κ1) is 18.0. The van der Waals surface area contributed by atoms with E-state index in [9.17, 15) is 8.42 Å². The fourth-order valence-corrected chi connectivity index (χ4v) is 4.73. The van der Waals surface area contributed by atoms with Gasteiger partial charge in [-0.1, -0.05) is 29.8 Å². The van der Waals surface area contributed by atoms with Gasteiger partial charge in [-0.15, -0.1) is 0 Å². The van der Waals surface area contributed by atoms with E-state index < -0.39 is 10.0 Å². The van der Waals surface area contributed by atoms with Crippen LogP contribution in [0.5, 0.6) is 11.5 Å². The minimum Gasteiger partial charge on any atom is -0.495 e. The van der Waals surface area contributed by atoms with Crippen molar-refractivity contribution in [2.24, 2.45) is 0 Å². The van der Waals surface area contributed by atoms with Crippen molar-refractivity contribution < 1.29 is 17.9 Å². The molecule has 5 nitrogen and oxygen atoms in total. The molecule has 0 spiro atoms. The van der Waals surface area contributed by atoms with Gasteiger partial charge in [0.15, 0.2) is 0 Å². The van der Waals surface area contributed by atoms with Crippen LogP contribution in [0.2, 0.25) is 5.02 Å². The molecule has 2 aromatic carbocycles. The zero-order valence-electron chi connectivity index (χ0n) is 13.9. The Balaban J connectivity index is 1.76. The van der Waals surface area contributed by atoms with Gasteiger partial charge < -0.3 is 9.47 Å². The van der Waals surface area contributed by atoms with E-state index in [0.29, 0.717) is 18.8 Å². The first-order valence-corrected chi connectivity index (χ1v) is 9.88. The highest BCUT2D eigenvalue weighted by Gasteiger charge is 2.31. The van der Waals surface area contributed by atoms with Crippen LogP contribution in [0.3, 0.4) is 0 Å². The second kappa shape index (κ2) is 7.64. The highest BCUT2D eigenvalue weighted by atomic mass is 35.5. The lowest BCUT2D eigenvalue weighted by atomic mass is 10.1. The Morgan fingerprint density at radius 2 is 1.92 bits per heavy atom. The Bertz CT molecular complexity index is 826. The molecular weight excluding hydrogens is 362 g/mol. The summed E-state index contributed by atoms with van der Waals surface area (Å²) in [5, 5.41) is 0.276. The van der Waals surface area contributed by atoms with Crippen LogP contribution >= 0.6 is 11.6 Å². The normalized spacial score (nSPS) is 18.7. The Morgan fingerprint density at radius 1 is 1.16 bits per heavy atom. The molecule has 0 aliphatic carbocycles. The van der Waals surface area contributed by atoms with Gasteiger partial charge in [-0.25, -0.2) is 8.42 Å². The minimum atomic E-state index is -3.62. The monoisotopic (exact) mass is 381 g/mol. The lowest BCUT2D eigenvalue weighted by Gasteiger charge is -2.32. The van der Waals surface area contributed by atoms with Crippen LogP contribution < -0.4 is 9.47 Å². The van der Waals surface area contributed by atoms with Crippen LogP contribution in [-0.4, -0.2) is 39.0 Å². The Hall–Kier alpha value is -1.76. The van der Waals surface area contributed by atoms with Crippen molar-refractivity contribution in [3.05, 3.63) is 53.6 Å². The minimum absolute atomic E-state index is 0.165. The van der Waals surface area contributed by atoms with Crippen molar-refractivity contribution >= 4 is 21.6 Å². The Kier molecular flexibility index (Phi) is 5.51. The number of sulfonamides is 1. The lowest BCUT2D eigenvalue weighted by Crippen LogP contribution is -2.44. The fraction of sp³-hybridized carbons (Fsp3) is 0.333. The number of nitrogens with zero attached hydrogens (tertiary/aromatic N) is 1. The molecule has 1 fully saturated rings. The quantitative estimate of drug-likeness (QED) is 0.794. The molecule has 0 bridgehead atoms. The average Bonchev–Trinajstić information content (AvgIpc) is 2.62. The van der Waals surface area contributed by atoms with Gasteiger partial charge in [-0.3, -0.25) is 0 Å². The molecule has 0 amide bonds. The molecule has 1 aliphatic heterocycles. The first-order chi connectivity index (χ1) is 12.0. The summed E-state index contributed by atoms with van der Waals surface area (Å²) in [7, 11) is -2.13. The summed E-state index contributed by atoms with van der Waals surface area (Å²) in [4.78, 5) is 0.165. The summed E-state index contributed by atoms with van der Waals surface area (Å²) in [6, 6.07) is 14.0. The third-order valence-electron chi connectivity index (χ3n) is 4.15. The maximum atomic E-state index is 12.9. The molecule has 134 valence electrons. The van der Waals surface area contributed by atoms with E-state index in [1.807, 2.05) is 30.3 Å². The van der Waals surface area contributed by atoms with Crippen molar-refractivity contribution in [1.82, 2.24) is 4.31 Å². The highest BCUT2D eigenvalue weighted by molar-refractivity contribution is 7.89. The average molecular weight is 382 g/mol. The molecule has 1 saturated heterocycles. The molecular formula is C18H20ClNO4S. The number of halogens is 1. The molecule has 0 radical (unpaired) electrons. The third-order valence-corrected chi connectivity index (χ3v) is 6.30. The molecule has 0 saturated carbocycles. The van der Waals surface area contributed by atoms with Gasteiger partial charge in [-0.2, -0.15) is 4.31 Å². The standard InChI is InChI=1S/C18H20ClNO4S/c1-23-18-10-9-16(12-17(18)19)25(21,22)20-11-5-8-15(13-20)24-14-6-3-2-4-7-14/h2-4,6-7,9-10,12,15H,5,8,11,13H2,1H3. The van der Waals surface area contributed by atoms with E-state index in [1.54, 1.807) is 6.07 Å². The third kappa shape index (κ3) is 4.08. The van der Waals surface area contributed by atoms with Crippen LogP contribution in [0, 0.1) is 0 Å². The van der Waals surface area contributed by atoms with Gasteiger partial charge >= 0.3 is 0 Å². The van der Waals surface area contributed by atoms with Crippen molar-refractivity contribution in [3.8, 4) is 11.5 Å². The van der Waals surface area contributed by atoms with Crippen LogP contribution in [0.4, 0.5) is 0 Å². The molecule has 1 unspecified atom stereocenters. The number of methoxy groups -OCH3 is 1. The number of hydrogen-bond donors (Lipinski definition) is 0. The summed E-state index contributed by atoms with van der Waals surface area (Å²) in [6.45, 7) is 0.793. The molecule has 1 atom stereocenters. The van der Waals surface area contributed by atoms with E-state index in [1.165, 1.54) is 23.5 Å². The van der Waals surface area contributed by atoms with E-state index in [0.717, 1.165) is 18.6 Å². The Labute approximate surface area is 153 Å². The number of para-hydroxylation sites is 1. The van der Waals surface area contributed by atoms with Crippen molar-refractivity contribution in [1.29, 1.82) is 0 Å². The Morgan fingerprint density at radius 3 is 2.60 bits per heavy atom. The summed E-state index contributed by atoms with van der Waals surface area (Å²) < 4.78 is 38.3. The predicted molar refractivity (Wildman–Crippen MR) is 96.9 cm³/mol. The molecule has 0 aromatic heterocycles. The van der Waals surface area contributed by atoms with Crippen LogP contribution in [-0.2, 0) is 10.0 Å².